The van der Waals surface area contributed by atoms with Crippen molar-refractivity contribution in [2.75, 3.05) is 0 Å². The van der Waals surface area contributed by atoms with Crippen LogP contribution in [0.2, 0.25) is 5.15 Å². The highest BCUT2D eigenvalue weighted by molar-refractivity contribution is 6.30. The first-order chi connectivity index (χ1) is 6.68. The van der Waals surface area contributed by atoms with Crippen LogP contribution < -0.4 is 0 Å². The molecule has 0 atom stereocenters. The van der Waals surface area contributed by atoms with Crippen LogP contribution in [0.25, 0.3) is 5.78 Å². The van der Waals surface area contributed by atoms with Gasteiger partial charge in [-0.2, -0.15) is 9.61 Å². The molecule has 6 heteroatoms. The summed E-state index contributed by atoms with van der Waals surface area (Å²) in [6, 6.07) is 0. The van der Waals surface area contributed by atoms with E-state index in [4.69, 9.17) is 11.6 Å². The summed E-state index contributed by atoms with van der Waals surface area (Å²) in [5.74, 6) is 0.420. The number of aromatic nitrogens is 4. The largest absolute Gasteiger partial charge is 0.300 e. The third-order valence-corrected chi connectivity index (χ3v) is 2.08. The Morgan fingerprint density at radius 1 is 1.57 bits per heavy atom. The van der Waals surface area contributed by atoms with Gasteiger partial charge in [0.2, 0.25) is 0 Å². The number of carbonyl (C=O) groups is 1. The van der Waals surface area contributed by atoms with Crippen LogP contribution in [-0.2, 0) is 11.2 Å². The Bertz CT molecular complexity index is 493. The number of halogens is 1. The molecule has 72 valence electrons. The zero-order chi connectivity index (χ0) is 10.1. The minimum atomic E-state index is 0.00954. The van der Waals surface area contributed by atoms with Crippen LogP contribution in [0.1, 0.15) is 12.6 Å². The van der Waals surface area contributed by atoms with Crippen LogP contribution in [0.4, 0.5) is 0 Å². The molecule has 0 aliphatic carbocycles. The molecule has 0 bridgehead atoms. The number of fused-ring (bicyclic) bond motifs is 1. The molecule has 2 rings (SSSR count). The standard InChI is InChI=1S/C8H7ClN4O/c1-5(14)4-6-7(9)13-8(12-6)10-2-3-11-13/h2-3H,4H2,1H3. The zero-order valence-corrected chi connectivity index (χ0v) is 8.19. The van der Waals surface area contributed by atoms with Gasteiger partial charge in [0.1, 0.15) is 5.78 Å². The average molecular weight is 211 g/mol. The molecule has 14 heavy (non-hydrogen) atoms. The fourth-order valence-corrected chi connectivity index (χ4v) is 1.38. The van der Waals surface area contributed by atoms with E-state index in [1.165, 1.54) is 23.8 Å². The minimum Gasteiger partial charge on any atom is -0.300 e. The molecule has 2 aromatic rings. The fourth-order valence-electron chi connectivity index (χ4n) is 1.15. The Labute approximate surface area is 84.7 Å². The summed E-state index contributed by atoms with van der Waals surface area (Å²) in [5.41, 5.74) is 0.519. The Morgan fingerprint density at radius 2 is 2.36 bits per heavy atom. The van der Waals surface area contributed by atoms with Gasteiger partial charge in [-0.05, 0) is 6.92 Å². The van der Waals surface area contributed by atoms with Gasteiger partial charge >= 0.3 is 0 Å². The number of hydrogen-bond acceptors (Lipinski definition) is 4. The molecular weight excluding hydrogens is 204 g/mol. The van der Waals surface area contributed by atoms with Crippen LogP contribution >= 0.6 is 11.6 Å². The lowest BCUT2D eigenvalue weighted by atomic mass is 10.2. The molecule has 0 aromatic carbocycles. The first-order valence-electron chi connectivity index (χ1n) is 4.02. The van der Waals surface area contributed by atoms with Crippen molar-refractivity contribution in [1.82, 2.24) is 19.6 Å². The molecule has 0 unspecified atom stereocenters. The SMILES string of the molecule is CC(=O)Cc1nc2nccnn2c1Cl. The van der Waals surface area contributed by atoms with E-state index in [0.717, 1.165) is 0 Å². The maximum Gasteiger partial charge on any atom is 0.252 e. The zero-order valence-electron chi connectivity index (χ0n) is 7.44. The Kier molecular flexibility index (Phi) is 2.17. The number of hydrogen-bond donors (Lipinski definition) is 0. The van der Waals surface area contributed by atoms with Crippen molar-refractivity contribution in [2.24, 2.45) is 0 Å². The van der Waals surface area contributed by atoms with Crippen molar-refractivity contribution in [3.8, 4) is 0 Å². The predicted molar refractivity (Wildman–Crippen MR) is 50.2 cm³/mol. The lowest BCUT2D eigenvalue weighted by Crippen LogP contribution is -1.97. The fraction of sp³-hybridized carbons (Fsp3) is 0.250. The van der Waals surface area contributed by atoms with Gasteiger partial charge in [0.25, 0.3) is 5.78 Å². The first-order valence-corrected chi connectivity index (χ1v) is 4.40. The van der Waals surface area contributed by atoms with E-state index < -0.39 is 0 Å². The summed E-state index contributed by atoms with van der Waals surface area (Å²) >= 11 is 5.95. The Hall–Kier alpha value is -1.49. The smallest absolute Gasteiger partial charge is 0.252 e. The van der Waals surface area contributed by atoms with E-state index >= 15 is 0 Å². The van der Waals surface area contributed by atoms with Gasteiger partial charge in [0, 0.05) is 0 Å². The summed E-state index contributed by atoms with van der Waals surface area (Å²) in [7, 11) is 0. The molecule has 0 N–H and O–H groups in total. The van der Waals surface area contributed by atoms with E-state index in [9.17, 15) is 4.79 Å². The van der Waals surface area contributed by atoms with Gasteiger partial charge in [-0.3, -0.25) is 4.79 Å². The molecule has 0 aliphatic rings. The molecule has 0 saturated heterocycles. The van der Waals surface area contributed by atoms with Gasteiger partial charge in [0.15, 0.2) is 5.15 Å². The summed E-state index contributed by atoms with van der Waals surface area (Å²) in [5, 5.41) is 4.31. The summed E-state index contributed by atoms with van der Waals surface area (Å²) in [6.07, 6.45) is 3.25. The third kappa shape index (κ3) is 1.46. The number of nitrogens with zero attached hydrogens (tertiary/aromatic N) is 4. The molecule has 0 spiro atoms. The molecule has 0 saturated carbocycles. The maximum absolute atomic E-state index is 10.9. The predicted octanol–water partition coefficient (Wildman–Crippen LogP) is 0.909. The number of imidazole rings is 1. The highest BCUT2D eigenvalue weighted by atomic mass is 35.5. The quantitative estimate of drug-likeness (QED) is 0.739. The molecule has 2 aromatic heterocycles. The van der Waals surface area contributed by atoms with Crippen molar-refractivity contribution in [3.05, 3.63) is 23.2 Å². The van der Waals surface area contributed by atoms with E-state index in [-0.39, 0.29) is 12.2 Å². The lowest BCUT2D eigenvalue weighted by molar-refractivity contribution is -0.116. The first kappa shape index (κ1) is 9.08. The number of ketones is 1. The number of rotatable bonds is 2. The van der Waals surface area contributed by atoms with Crippen molar-refractivity contribution in [3.63, 3.8) is 0 Å². The van der Waals surface area contributed by atoms with E-state index in [0.29, 0.717) is 16.6 Å². The summed E-state index contributed by atoms with van der Waals surface area (Å²) in [6.45, 7) is 1.49. The van der Waals surface area contributed by atoms with Crippen LogP contribution in [0.15, 0.2) is 12.4 Å². The third-order valence-electron chi connectivity index (χ3n) is 1.70. The molecule has 0 aliphatic heterocycles. The minimum absolute atomic E-state index is 0.00954. The van der Waals surface area contributed by atoms with Crippen LogP contribution in [0.3, 0.4) is 0 Å². The van der Waals surface area contributed by atoms with Crippen molar-refractivity contribution < 1.29 is 4.79 Å². The highest BCUT2D eigenvalue weighted by Crippen LogP contribution is 2.15. The second-order valence-corrected chi connectivity index (χ2v) is 3.24. The van der Waals surface area contributed by atoms with E-state index in [2.05, 4.69) is 15.1 Å². The van der Waals surface area contributed by atoms with Crippen LogP contribution in [0, 0.1) is 0 Å². The van der Waals surface area contributed by atoms with Crippen LogP contribution in [0.5, 0.6) is 0 Å². The maximum atomic E-state index is 10.9. The summed E-state index contributed by atoms with van der Waals surface area (Å²) in [4.78, 5) is 18.9. The average Bonchev–Trinajstić information content (AvgIpc) is 2.44. The molecular formula is C8H7ClN4O. The van der Waals surface area contributed by atoms with Gasteiger partial charge in [-0.15, -0.1) is 0 Å². The molecule has 5 nitrogen and oxygen atoms in total. The highest BCUT2D eigenvalue weighted by Gasteiger charge is 2.12. The number of carbonyl (C=O) groups excluding carboxylic acids is 1. The van der Waals surface area contributed by atoms with E-state index in [1.54, 1.807) is 0 Å². The van der Waals surface area contributed by atoms with Gasteiger partial charge in [-0.1, -0.05) is 11.6 Å². The van der Waals surface area contributed by atoms with Gasteiger partial charge in [-0.25, -0.2) is 9.97 Å². The number of Topliss-reactive ketones (excluding diaryl/α,β-unsaturated/α-hetero) is 1. The van der Waals surface area contributed by atoms with Crippen molar-refractivity contribution in [1.29, 1.82) is 0 Å². The Morgan fingerprint density at radius 3 is 3.00 bits per heavy atom. The molecule has 0 radical (unpaired) electrons. The Balaban J connectivity index is 2.57. The van der Waals surface area contributed by atoms with Gasteiger partial charge in [0.05, 0.1) is 24.5 Å². The second kappa shape index (κ2) is 3.34. The molecule has 0 amide bonds. The van der Waals surface area contributed by atoms with Crippen LogP contribution in [-0.4, -0.2) is 25.4 Å². The molecule has 2 heterocycles. The second-order valence-electron chi connectivity index (χ2n) is 2.88. The van der Waals surface area contributed by atoms with Gasteiger partial charge < -0.3 is 0 Å². The monoisotopic (exact) mass is 210 g/mol. The van der Waals surface area contributed by atoms with Crippen molar-refractivity contribution >= 4 is 23.2 Å². The van der Waals surface area contributed by atoms with E-state index in [1.807, 2.05) is 0 Å². The normalized spacial score (nSPS) is 10.7. The van der Waals surface area contributed by atoms with Crippen molar-refractivity contribution in [2.45, 2.75) is 13.3 Å². The lowest BCUT2D eigenvalue weighted by Gasteiger charge is -1.91. The molecule has 0 fully saturated rings. The topological polar surface area (TPSA) is 60.2 Å². The summed E-state index contributed by atoms with van der Waals surface area (Å²) < 4.78 is 1.40.